The minimum atomic E-state index is -0.745. The zero-order valence-corrected chi connectivity index (χ0v) is 8.41. The van der Waals surface area contributed by atoms with Crippen LogP contribution in [0.25, 0.3) is 0 Å². The van der Waals surface area contributed by atoms with E-state index < -0.39 is 5.41 Å². The molecule has 1 aliphatic heterocycles. The van der Waals surface area contributed by atoms with E-state index in [-0.39, 0.29) is 18.2 Å². The summed E-state index contributed by atoms with van der Waals surface area (Å²) < 4.78 is 0. The van der Waals surface area contributed by atoms with E-state index in [0.717, 1.165) is 5.56 Å². The Bertz CT molecular complexity index is 425. The van der Waals surface area contributed by atoms with E-state index in [0.29, 0.717) is 5.69 Å². The van der Waals surface area contributed by atoms with Crippen molar-refractivity contribution in [3.8, 4) is 0 Å². The highest BCUT2D eigenvalue weighted by Gasteiger charge is 2.43. The molecule has 15 heavy (non-hydrogen) atoms. The lowest BCUT2D eigenvalue weighted by Gasteiger charge is -2.19. The van der Waals surface area contributed by atoms with Crippen LogP contribution in [0.15, 0.2) is 24.3 Å². The van der Waals surface area contributed by atoms with E-state index >= 15 is 0 Å². The molecule has 3 N–H and O–H groups in total. The van der Waals surface area contributed by atoms with E-state index in [1.54, 1.807) is 31.2 Å². The lowest BCUT2D eigenvalue weighted by atomic mass is 9.81. The number of carbonyl (C=O) groups is 2. The second-order valence-electron chi connectivity index (χ2n) is 4.01. The summed E-state index contributed by atoms with van der Waals surface area (Å²) in [6, 6.07) is 7.04. The molecule has 0 bridgehead atoms. The van der Waals surface area contributed by atoms with Crippen LogP contribution in [0, 0.1) is 0 Å². The minimum absolute atomic E-state index is 0.204. The SMILES string of the molecule is C[C@@]1(c2ccc(N)cc2)CC(=O)NC1=O. The van der Waals surface area contributed by atoms with Crippen LogP contribution in [0.3, 0.4) is 0 Å². The predicted octanol–water partition coefficient (Wildman–Crippen LogP) is 0.573. The van der Waals surface area contributed by atoms with E-state index in [4.69, 9.17) is 5.73 Å². The Balaban J connectivity index is 2.41. The van der Waals surface area contributed by atoms with Crippen molar-refractivity contribution in [2.75, 3.05) is 5.73 Å². The first kappa shape index (κ1) is 9.71. The number of rotatable bonds is 1. The van der Waals surface area contributed by atoms with Gasteiger partial charge in [0.2, 0.25) is 11.8 Å². The average Bonchev–Trinajstić information content (AvgIpc) is 2.42. The first-order valence-electron chi connectivity index (χ1n) is 4.73. The summed E-state index contributed by atoms with van der Waals surface area (Å²) in [5.41, 5.74) is 6.28. The van der Waals surface area contributed by atoms with Gasteiger partial charge in [0.1, 0.15) is 0 Å². The van der Waals surface area contributed by atoms with Crippen molar-refractivity contribution >= 4 is 17.5 Å². The fourth-order valence-electron chi connectivity index (χ4n) is 1.79. The van der Waals surface area contributed by atoms with Crippen LogP contribution >= 0.6 is 0 Å². The number of hydrogen-bond donors (Lipinski definition) is 2. The van der Waals surface area contributed by atoms with Gasteiger partial charge in [0.15, 0.2) is 0 Å². The number of anilines is 1. The van der Waals surface area contributed by atoms with Crippen LogP contribution < -0.4 is 11.1 Å². The molecule has 1 heterocycles. The summed E-state index contributed by atoms with van der Waals surface area (Å²) in [6.45, 7) is 1.76. The third-order valence-electron chi connectivity index (χ3n) is 2.82. The summed E-state index contributed by atoms with van der Waals surface area (Å²) in [7, 11) is 0. The third kappa shape index (κ3) is 1.48. The average molecular weight is 204 g/mol. The Morgan fingerprint density at radius 3 is 2.33 bits per heavy atom. The molecule has 0 radical (unpaired) electrons. The zero-order valence-electron chi connectivity index (χ0n) is 8.41. The molecule has 4 heteroatoms. The Labute approximate surface area is 87.5 Å². The van der Waals surface area contributed by atoms with Crippen molar-refractivity contribution in [1.82, 2.24) is 5.32 Å². The van der Waals surface area contributed by atoms with Gasteiger partial charge in [-0.05, 0) is 24.6 Å². The van der Waals surface area contributed by atoms with Crippen molar-refractivity contribution in [3.05, 3.63) is 29.8 Å². The molecule has 1 aliphatic rings. The van der Waals surface area contributed by atoms with Crippen LogP contribution in [0.4, 0.5) is 5.69 Å². The van der Waals surface area contributed by atoms with E-state index in [1.807, 2.05) is 0 Å². The van der Waals surface area contributed by atoms with Gasteiger partial charge >= 0.3 is 0 Å². The smallest absolute Gasteiger partial charge is 0.237 e. The maximum atomic E-state index is 11.6. The molecule has 1 aromatic rings. The van der Waals surface area contributed by atoms with Gasteiger partial charge in [0.05, 0.1) is 5.41 Å². The Kier molecular flexibility index (Phi) is 2.00. The fraction of sp³-hybridized carbons (Fsp3) is 0.273. The summed E-state index contributed by atoms with van der Waals surface area (Å²) in [5.74, 6) is -0.461. The molecule has 2 amide bonds. The van der Waals surface area contributed by atoms with Gasteiger partial charge in [-0.25, -0.2) is 0 Å². The molecule has 1 fully saturated rings. The summed E-state index contributed by atoms with van der Waals surface area (Å²) >= 11 is 0. The van der Waals surface area contributed by atoms with Gasteiger partial charge in [-0.2, -0.15) is 0 Å². The number of nitrogens with two attached hydrogens (primary N) is 1. The molecule has 0 aliphatic carbocycles. The number of imide groups is 1. The molecule has 2 rings (SSSR count). The Hall–Kier alpha value is -1.84. The highest BCUT2D eigenvalue weighted by Crippen LogP contribution is 2.31. The van der Waals surface area contributed by atoms with Gasteiger partial charge in [0.25, 0.3) is 0 Å². The molecule has 0 saturated carbocycles. The number of amides is 2. The normalized spacial score (nSPS) is 25.4. The molecule has 78 valence electrons. The van der Waals surface area contributed by atoms with Crippen molar-refractivity contribution in [2.45, 2.75) is 18.8 Å². The highest BCUT2D eigenvalue weighted by atomic mass is 16.2. The topological polar surface area (TPSA) is 72.2 Å². The number of benzene rings is 1. The molecular formula is C11H12N2O2. The van der Waals surface area contributed by atoms with Crippen molar-refractivity contribution in [3.63, 3.8) is 0 Å². The van der Waals surface area contributed by atoms with E-state index in [2.05, 4.69) is 5.32 Å². The van der Waals surface area contributed by atoms with Crippen LogP contribution in [-0.2, 0) is 15.0 Å². The molecule has 4 nitrogen and oxygen atoms in total. The van der Waals surface area contributed by atoms with Gasteiger partial charge < -0.3 is 5.73 Å². The minimum Gasteiger partial charge on any atom is -0.399 e. The standard InChI is InChI=1S/C11H12N2O2/c1-11(6-9(14)13-10(11)15)7-2-4-8(12)5-3-7/h2-5H,6,12H2,1H3,(H,13,14,15)/t11-/m0/s1. The van der Waals surface area contributed by atoms with E-state index in [9.17, 15) is 9.59 Å². The zero-order chi connectivity index (χ0) is 11.1. The Morgan fingerprint density at radius 2 is 1.87 bits per heavy atom. The van der Waals surface area contributed by atoms with Crippen molar-refractivity contribution in [1.29, 1.82) is 0 Å². The monoisotopic (exact) mass is 204 g/mol. The second-order valence-corrected chi connectivity index (χ2v) is 4.01. The number of hydrogen-bond acceptors (Lipinski definition) is 3. The summed E-state index contributed by atoms with van der Waals surface area (Å²) in [6.07, 6.45) is 0.204. The van der Waals surface area contributed by atoms with Crippen LogP contribution in [0.2, 0.25) is 0 Å². The van der Waals surface area contributed by atoms with Gasteiger partial charge in [0, 0.05) is 12.1 Å². The largest absolute Gasteiger partial charge is 0.399 e. The lowest BCUT2D eigenvalue weighted by molar-refractivity contribution is -0.126. The maximum absolute atomic E-state index is 11.6. The van der Waals surface area contributed by atoms with Gasteiger partial charge in [-0.3, -0.25) is 14.9 Å². The quantitative estimate of drug-likeness (QED) is 0.519. The third-order valence-corrected chi connectivity index (χ3v) is 2.82. The molecule has 1 saturated heterocycles. The number of carbonyl (C=O) groups excluding carboxylic acids is 2. The lowest BCUT2D eigenvalue weighted by Crippen LogP contribution is -2.32. The van der Waals surface area contributed by atoms with Crippen LogP contribution in [0.1, 0.15) is 18.9 Å². The molecule has 1 atom stereocenters. The molecule has 0 spiro atoms. The first-order chi connectivity index (χ1) is 7.02. The number of nitrogens with one attached hydrogen (secondary N) is 1. The fourth-order valence-corrected chi connectivity index (χ4v) is 1.79. The highest BCUT2D eigenvalue weighted by molar-refractivity contribution is 6.08. The summed E-state index contributed by atoms with van der Waals surface area (Å²) in [5, 5.41) is 2.31. The molecule has 0 unspecified atom stereocenters. The molecular weight excluding hydrogens is 192 g/mol. The predicted molar refractivity (Wildman–Crippen MR) is 56.0 cm³/mol. The maximum Gasteiger partial charge on any atom is 0.237 e. The van der Waals surface area contributed by atoms with Crippen LogP contribution in [-0.4, -0.2) is 11.8 Å². The summed E-state index contributed by atoms with van der Waals surface area (Å²) in [4.78, 5) is 22.8. The van der Waals surface area contributed by atoms with E-state index in [1.165, 1.54) is 0 Å². The molecule has 1 aromatic carbocycles. The first-order valence-corrected chi connectivity index (χ1v) is 4.73. The second kappa shape index (κ2) is 3.08. The Morgan fingerprint density at radius 1 is 1.27 bits per heavy atom. The van der Waals surface area contributed by atoms with Crippen molar-refractivity contribution in [2.24, 2.45) is 0 Å². The van der Waals surface area contributed by atoms with Crippen molar-refractivity contribution < 1.29 is 9.59 Å². The van der Waals surface area contributed by atoms with Gasteiger partial charge in [-0.1, -0.05) is 12.1 Å². The van der Waals surface area contributed by atoms with Gasteiger partial charge in [-0.15, -0.1) is 0 Å². The van der Waals surface area contributed by atoms with Crippen LogP contribution in [0.5, 0.6) is 0 Å². The number of nitrogen functional groups attached to an aromatic ring is 1. The molecule has 0 aromatic heterocycles.